The van der Waals surface area contributed by atoms with Gasteiger partial charge in [0, 0.05) is 55.7 Å². The van der Waals surface area contributed by atoms with Gasteiger partial charge in [-0.15, -0.1) is 0 Å². The van der Waals surface area contributed by atoms with Gasteiger partial charge in [-0.1, -0.05) is 35.9 Å². The van der Waals surface area contributed by atoms with Crippen LogP contribution in [0.5, 0.6) is 5.88 Å². The quantitative estimate of drug-likeness (QED) is 0.316. The van der Waals surface area contributed by atoms with E-state index in [4.69, 9.17) is 21.0 Å². The number of aryl methyl sites for hydroxylation is 1. The minimum Gasteiger partial charge on any atom is -0.494 e. The van der Waals surface area contributed by atoms with Crippen LogP contribution < -0.4 is 5.76 Å². The zero-order valence-electron chi connectivity index (χ0n) is 21.2. The first-order valence-electron chi connectivity index (χ1n) is 12.5. The summed E-state index contributed by atoms with van der Waals surface area (Å²) in [6.45, 7) is 5.18. The van der Waals surface area contributed by atoms with E-state index in [0.717, 1.165) is 43.8 Å². The number of rotatable bonds is 5. The van der Waals surface area contributed by atoms with Crippen molar-refractivity contribution < 1.29 is 9.52 Å². The number of H-pyrrole nitrogens is 1. The van der Waals surface area contributed by atoms with E-state index in [2.05, 4.69) is 34.0 Å². The van der Waals surface area contributed by atoms with Crippen molar-refractivity contribution in [1.29, 1.82) is 0 Å². The second kappa shape index (κ2) is 9.79. The molecule has 0 unspecified atom stereocenters. The Balaban J connectivity index is 1.42. The zero-order valence-corrected chi connectivity index (χ0v) is 22.0. The molecule has 1 aliphatic heterocycles. The molecule has 2 aromatic heterocycles. The number of nitrogens with one attached hydrogen (secondary N) is 1. The van der Waals surface area contributed by atoms with Gasteiger partial charge in [-0.25, -0.2) is 9.79 Å². The normalized spacial score (nSPS) is 15.6. The molecular weight excluding hydrogens is 502 g/mol. The van der Waals surface area contributed by atoms with Crippen LogP contribution in [0, 0.1) is 0 Å². The van der Waals surface area contributed by atoms with Crippen LogP contribution >= 0.6 is 11.6 Å². The van der Waals surface area contributed by atoms with Gasteiger partial charge in [0.15, 0.2) is 11.5 Å². The smallest absolute Gasteiger partial charge is 0.419 e. The standard InChI is InChI=1S/C29H28ClN5O3/c1-33-11-13-35(14-12-33)17-18-3-7-21(8-4-18)31-27(19-5-10-24-25(15-19)38-29(37)34(24)2)26-22-9-6-20(30)16-23(22)32-28(26)36/h3-10,15-16,32,36H,11-14,17H2,1-2H3. The minimum atomic E-state index is -0.434. The van der Waals surface area contributed by atoms with Crippen molar-refractivity contribution in [3.63, 3.8) is 0 Å². The Kier molecular flexibility index (Phi) is 6.31. The van der Waals surface area contributed by atoms with Crippen LogP contribution in [0.1, 0.15) is 16.7 Å². The largest absolute Gasteiger partial charge is 0.494 e. The number of halogens is 1. The van der Waals surface area contributed by atoms with Crippen LogP contribution in [0.25, 0.3) is 22.0 Å². The maximum atomic E-state index is 12.1. The lowest BCUT2D eigenvalue weighted by atomic mass is 10.0. The lowest BCUT2D eigenvalue weighted by molar-refractivity contribution is 0.148. The summed E-state index contributed by atoms with van der Waals surface area (Å²) in [5.41, 5.74) is 5.62. The minimum absolute atomic E-state index is 0.0117. The number of hydrogen-bond donors (Lipinski definition) is 2. The van der Waals surface area contributed by atoms with Crippen molar-refractivity contribution in [2.24, 2.45) is 12.0 Å². The van der Waals surface area contributed by atoms with Gasteiger partial charge in [0.2, 0.25) is 0 Å². The molecule has 3 heterocycles. The molecule has 0 amide bonds. The van der Waals surface area contributed by atoms with Crippen LogP contribution in [0.15, 0.2) is 74.9 Å². The predicted octanol–water partition coefficient (Wildman–Crippen LogP) is 4.89. The van der Waals surface area contributed by atoms with E-state index in [9.17, 15) is 9.90 Å². The second-order valence-corrected chi connectivity index (χ2v) is 10.3. The SMILES string of the molecule is CN1CCN(Cc2ccc(N=C(c3ccc4c(c3)oc(=O)n4C)c3c(O)[nH]c4cc(Cl)ccc34)cc2)CC1. The summed E-state index contributed by atoms with van der Waals surface area (Å²) < 4.78 is 6.90. The Hall–Kier alpha value is -3.85. The van der Waals surface area contributed by atoms with Crippen molar-refractivity contribution >= 4 is 45.0 Å². The Labute approximate surface area is 224 Å². The predicted molar refractivity (Wildman–Crippen MR) is 151 cm³/mol. The van der Waals surface area contributed by atoms with Crippen LogP contribution in [-0.2, 0) is 13.6 Å². The third-order valence-electron chi connectivity index (χ3n) is 7.22. The first kappa shape index (κ1) is 24.5. The van der Waals surface area contributed by atoms with Gasteiger partial charge < -0.3 is 19.4 Å². The number of aromatic amines is 1. The van der Waals surface area contributed by atoms with E-state index in [0.29, 0.717) is 38.5 Å². The molecule has 3 aromatic carbocycles. The topological polar surface area (TPSA) is 90.0 Å². The molecule has 1 saturated heterocycles. The number of likely N-dealkylation sites (N-methyl/N-ethyl adjacent to an activating group) is 1. The van der Waals surface area contributed by atoms with Gasteiger partial charge >= 0.3 is 5.76 Å². The van der Waals surface area contributed by atoms with E-state index in [1.54, 1.807) is 25.2 Å². The molecular formula is C29H28ClN5O3. The van der Waals surface area contributed by atoms with Crippen molar-refractivity contribution in [2.45, 2.75) is 6.54 Å². The second-order valence-electron chi connectivity index (χ2n) is 9.85. The van der Waals surface area contributed by atoms with E-state index < -0.39 is 5.76 Å². The summed E-state index contributed by atoms with van der Waals surface area (Å²) in [5.74, 6) is -0.446. The summed E-state index contributed by atoms with van der Waals surface area (Å²) >= 11 is 6.20. The molecule has 1 aliphatic rings. The number of oxazole rings is 1. The molecule has 8 nitrogen and oxygen atoms in total. The molecule has 0 radical (unpaired) electrons. The molecule has 0 saturated carbocycles. The maximum absolute atomic E-state index is 12.1. The molecule has 0 bridgehead atoms. The Bertz CT molecular complexity index is 1720. The van der Waals surface area contributed by atoms with Gasteiger partial charge in [0.1, 0.15) is 0 Å². The van der Waals surface area contributed by atoms with Gasteiger partial charge in [0.05, 0.1) is 28.0 Å². The Morgan fingerprint density at radius 3 is 2.55 bits per heavy atom. The van der Waals surface area contributed by atoms with Gasteiger partial charge in [-0.05, 0) is 49.0 Å². The Morgan fingerprint density at radius 1 is 1.03 bits per heavy atom. The summed E-state index contributed by atoms with van der Waals surface area (Å²) in [6.07, 6.45) is 0. The van der Waals surface area contributed by atoms with Crippen molar-refractivity contribution in [3.05, 3.63) is 92.9 Å². The highest BCUT2D eigenvalue weighted by atomic mass is 35.5. The monoisotopic (exact) mass is 529 g/mol. The third kappa shape index (κ3) is 4.62. The lowest BCUT2D eigenvalue weighted by Crippen LogP contribution is -2.43. The van der Waals surface area contributed by atoms with Crippen LogP contribution in [0.4, 0.5) is 5.69 Å². The lowest BCUT2D eigenvalue weighted by Gasteiger charge is -2.32. The number of benzene rings is 3. The number of aliphatic imine (C=N–C) groups is 1. The summed E-state index contributed by atoms with van der Waals surface area (Å²) in [7, 11) is 3.83. The van der Waals surface area contributed by atoms with Gasteiger partial charge in [0.25, 0.3) is 0 Å². The molecule has 38 heavy (non-hydrogen) atoms. The number of aromatic hydroxyl groups is 1. The van der Waals surface area contributed by atoms with Crippen LogP contribution in [0.2, 0.25) is 5.02 Å². The fourth-order valence-electron chi connectivity index (χ4n) is 5.01. The van der Waals surface area contributed by atoms with E-state index >= 15 is 0 Å². The highest BCUT2D eigenvalue weighted by molar-refractivity contribution is 6.31. The van der Waals surface area contributed by atoms with Crippen molar-refractivity contribution in [3.8, 4) is 5.88 Å². The molecule has 2 N–H and O–H groups in total. The first-order chi connectivity index (χ1) is 18.4. The average molecular weight is 530 g/mol. The van der Waals surface area contributed by atoms with E-state index in [-0.39, 0.29) is 5.88 Å². The van der Waals surface area contributed by atoms with E-state index in [1.807, 2.05) is 30.3 Å². The Morgan fingerprint density at radius 2 is 1.79 bits per heavy atom. The van der Waals surface area contributed by atoms with Crippen molar-refractivity contribution in [2.75, 3.05) is 33.2 Å². The number of aromatic nitrogens is 2. The maximum Gasteiger partial charge on any atom is 0.419 e. The molecule has 0 aliphatic carbocycles. The van der Waals surface area contributed by atoms with Gasteiger partial charge in [-0.3, -0.25) is 9.47 Å². The number of nitrogens with zero attached hydrogens (tertiary/aromatic N) is 4. The third-order valence-corrected chi connectivity index (χ3v) is 7.46. The molecule has 5 aromatic rings. The highest BCUT2D eigenvalue weighted by Gasteiger charge is 2.20. The first-order valence-corrected chi connectivity index (χ1v) is 12.9. The number of fused-ring (bicyclic) bond motifs is 2. The zero-order chi connectivity index (χ0) is 26.4. The molecule has 0 spiro atoms. The molecule has 194 valence electrons. The molecule has 6 rings (SSSR count). The fourth-order valence-corrected chi connectivity index (χ4v) is 5.18. The number of piperazine rings is 1. The number of hydrogen-bond acceptors (Lipinski definition) is 6. The summed E-state index contributed by atoms with van der Waals surface area (Å²) in [4.78, 5) is 24.9. The van der Waals surface area contributed by atoms with E-state index in [1.165, 1.54) is 10.1 Å². The van der Waals surface area contributed by atoms with Crippen LogP contribution in [-0.4, -0.2) is 63.4 Å². The molecule has 0 atom stereocenters. The highest BCUT2D eigenvalue weighted by Crippen LogP contribution is 2.33. The van der Waals surface area contributed by atoms with Crippen LogP contribution in [0.3, 0.4) is 0 Å². The molecule has 9 heteroatoms. The average Bonchev–Trinajstić information content (AvgIpc) is 3.38. The van der Waals surface area contributed by atoms with Crippen molar-refractivity contribution in [1.82, 2.24) is 19.4 Å². The molecule has 1 fully saturated rings. The summed E-state index contributed by atoms with van der Waals surface area (Å²) in [5, 5.41) is 12.3. The summed E-state index contributed by atoms with van der Waals surface area (Å²) in [6, 6.07) is 19.1. The van der Waals surface area contributed by atoms with Gasteiger partial charge in [-0.2, -0.15) is 0 Å². The fraction of sp³-hybridized carbons (Fsp3) is 0.241.